The zero-order valence-electron chi connectivity index (χ0n) is 10.2. The zero-order chi connectivity index (χ0) is 14.0. The van der Waals surface area contributed by atoms with Crippen LogP contribution < -0.4 is 11.1 Å². The van der Waals surface area contributed by atoms with Crippen LogP contribution in [0, 0.1) is 6.92 Å². The molecular formula is C14H12BrClN2O. The summed E-state index contributed by atoms with van der Waals surface area (Å²) in [7, 11) is 0. The minimum Gasteiger partial charge on any atom is -0.399 e. The van der Waals surface area contributed by atoms with Crippen LogP contribution in [0.4, 0.5) is 11.4 Å². The van der Waals surface area contributed by atoms with Gasteiger partial charge in [-0.05, 0) is 42.8 Å². The number of hydrogen-bond donors (Lipinski definition) is 2. The van der Waals surface area contributed by atoms with Crippen LogP contribution in [0.5, 0.6) is 0 Å². The van der Waals surface area contributed by atoms with Gasteiger partial charge in [0.1, 0.15) is 0 Å². The number of nitrogens with two attached hydrogens (primary N) is 1. The van der Waals surface area contributed by atoms with Gasteiger partial charge in [0.15, 0.2) is 0 Å². The molecule has 0 bridgehead atoms. The summed E-state index contributed by atoms with van der Waals surface area (Å²) in [5, 5.41) is 3.22. The average Bonchev–Trinajstić information content (AvgIpc) is 2.36. The lowest BCUT2D eigenvalue weighted by atomic mass is 10.1. The number of anilines is 2. The van der Waals surface area contributed by atoms with Crippen molar-refractivity contribution in [1.29, 1.82) is 0 Å². The molecule has 1 amide bonds. The quantitative estimate of drug-likeness (QED) is 0.804. The number of halogens is 2. The van der Waals surface area contributed by atoms with Gasteiger partial charge in [0, 0.05) is 15.8 Å². The third-order valence-electron chi connectivity index (χ3n) is 2.68. The predicted molar refractivity (Wildman–Crippen MR) is 82.7 cm³/mol. The maximum absolute atomic E-state index is 12.2. The molecule has 0 aliphatic heterocycles. The minimum absolute atomic E-state index is 0.264. The molecule has 2 aromatic rings. The lowest BCUT2D eigenvalue weighted by molar-refractivity contribution is 0.102. The van der Waals surface area contributed by atoms with Crippen LogP contribution in [0.1, 0.15) is 15.9 Å². The topological polar surface area (TPSA) is 55.1 Å². The van der Waals surface area contributed by atoms with Crippen LogP contribution in [0.3, 0.4) is 0 Å². The third kappa shape index (κ3) is 3.28. The molecule has 0 saturated carbocycles. The fourth-order valence-electron chi connectivity index (χ4n) is 1.64. The van der Waals surface area contributed by atoms with Crippen LogP contribution in [0.2, 0.25) is 5.02 Å². The van der Waals surface area contributed by atoms with Gasteiger partial charge in [0.05, 0.1) is 10.6 Å². The van der Waals surface area contributed by atoms with Gasteiger partial charge in [-0.3, -0.25) is 4.79 Å². The van der Waals surface area contributed by atoms with E-state index in [1.165, 1.54) is 0 Å². The molecule has 0 atom stereocenters. The molecule has 0 spiro atoms. The molecule has 0 unspecified atom stereocenters. The normalized spacial score (nSPS) is 10.3. The molecule has 3 nitrogen and oxygen atoms in total. The number of rotatable bonds is 2. The van der Waals surface area contributed by atoms with Gasteiger partial charge in [-0.1, -0.05) is 33.6 Å². The van der Waals surface area contributed by atoms with Crippen LogP contribution >= 0.6 is 27.5 Å². The fourth-order valence-corrected chi connectivity index (χ4v) is 2.20. The lowest BCUT2D eigenvalue weighted by Gasteiger charge is -2.10. The first kappa shape index (κ1) is 13.9. The summed E-state index contributed by atoms with van der Waals surface area (Å²) in [4.78, 5) is 12.2. The third-order valence-corrected chi connectivity index (χ3v) is 3.51. The van der Waals surface area contributed by atoms with E-state index in [1.54, 1.807) is 30.3 Å². The van der Waals surface area contributed by atoms with Crippen LogP contribution in [0.25, 0.3) is 0 Å². The molecule has 0 fully saturated rings. The van der Waals surface area contributed by atoms with E-state index in [9.17, 15) is 4.79 Å². The zero-order valence-corrected chi connectivity index (χ0v) is 12.5. The molecule has 0 heterocycles. The van der Waals surface area contributed by atoms with Crippen molar-refractivity contribution in [2.45, 2.75) is 6.92 Å². The van der Waals surface area contributed by atoms with E-state index >= 15 is 0 Å². The Labute approximate surface area is 124 Å². The summed E-state index contributed by atoms with van der Waals surface area (Å²) in [6.07, 6.45) is 0. The smallest absolute Gasteiger partial charge is 0.257 e. The monoisotopic (exact) mass is 338 g/mol. The van der Waals surface area contributed by atoms with Crippen LogP contribution in [-0.4, -0.2) is 5.91 Å². The number of aryl methyl sites for hydroxylation is 1. The molecule has 2 aromatic carbocycles. The summed E-state index contributed by atoms with van der Waals surface area (Å²) in [5.41, 5.74) is 8.34. The lowest BCUT2D eigenvalue weighted by Crippen LogP contribution is -2.13. The first-order valence-corrected chi connectivity index (χ1v) is 6.77. The van der Waals surface area contributed by atoms with E-state index in [-0.39, 0.29) is 5.91 Å². The van der Waals surface area contributed by atoms with Crippen molar-refractivity contribution in [3.8, 4) is 0 Å². The molecule has 19 heavy (non-hydrogen) atoms. The Balaban J connectivity index is 2.30. The van der Waals surface area contributed by atoms with Gasteiger partial charge >= 0.3 is 0 Å². The van der Waals surface area contributed by atoms with Gasteiger partial charge < -0.3 is 11.1 Å². The van der Waals surface area contributed by atoms with E-state index in [2.05, 4.69) is 21.2 Å². The van der Waals surface area contributed by atoms with E-state index in [0.29, 0.717) is 22.0 Å². The minimum atomic E-state index is -0.264. The first-order valence-electron chi connectivity index (χ1n) is 5.60. The maximum Gasteiger partial charge on any atom is 0.257 e. The summed E-state index contributed by atoms with van der Waals surface area (Å²) in [5.74, 6) is -0.264. The number of amides is 1. The highest BCUT2D eigenvalue weighted by Crippen LogP contribution is 2.24. The van der Waals surface area contributed by atoms with E-state index in [0.717, 1.165) is 10.0 Å². The molecule has 0 aromatic heterocycles. The van der Waals surface area contributed by atoms with Crippen molar-refractivity contribution in [2.24, 2.45) is 0 Å². The highest BCUT2D eigenvalue weighted by Gasteiger charge is 2.12. The molecule has 0 saturated heterocycles. The number of benzene rings is 2. The van der Waals surface area contributed by atoms with E-state index in [1.807, 2.05) is 13.0 Å². The van der Waals surface area contributed by atoms with Crippen molar-refractivity contribution >= 4 is 44.8 Å². The fraction of sp³-hybridized carbons (Fsp3) is 0.0714. The second-order valence-corrected chi connectivity index (χ2v) is 5.48. The SMILES string of the molecule is Cc1ccc(N)cc1NC(=O)c1cc(Br)ccc1Cl. The summed E-state index contributed by atoms with van der Waals surface area (Å²) in [6.45, 7) is 1.90. The highest BCUT2D eigenvalue weighted by atomic mass is 79.9. The van der Waals surface area contributed by atoms with Crippen molar-refractivity contribution in [3.63, 3.8) is 0 Å². The molecule has 0 aliphatic rings. The molecule has 0 radical (unpaired) electrons. The molecule has 0 aliphatic carbocycles. The Morgan fingerprint density at radius 3 is 2.74 bits per heavy atom. The second kappa shape index (κ2) is 5.63. The molecular weight excluding hydrogens is 328 g/mol. The van der Waals surface area contributed by atoms with Gasteiger partial charge in [-0.25, -0.2) is 0 Å². The highest BCUT2D eigenvalue weighted by molar-refractivity contribution is 9.10. The predicted octanol–water partition coefficient (Wildman–Crippen LogP) is 4.25. The van der Waals surface area contributed by atoms with Gasteiger partial charge in [0.25, 0.3) is 5.91 Å². The molecule has 98 valence electrons. The van der Waals surface area contributed by atoms with Crippen molar-refractivity contribution in [3.05, 3.63) is 57.0 Å². The maximum atomic E-state index is 12.2. The first-order chi connectivity index (χ1) is 8.97. The van der Waals surface area contributed by atoms with E-state index < -0.39 is 0 Å². The number of nitrogen functional groups attached to an aromatic ring is 1. The summed E-state index contributed by atoms with van der Waals surface area (Å²) in [6, 6.07) is 10.5. The Morgan fingerprint density at radius 2 is 2.00 bits per heavy atom. The number of nitrogens with one attached hydrogen (secondary N) is 1. The van der Waals surface area contributed by atoms with Crippen molar-refractivity contribution < 1.29 is 4.79 Å². The summed E-state index contributed by atoms with van der Waals surface area (Å²) < 4.78 is 0.798. The van der Waals surface area contributed by atoms with Crippen molar-refractivity contribution in [1.82, 2.24) is 0 Å². The van der Waals surface area contributed by atoms with Gasteiger partial charge in [0.2, 0.25) is 0 Å². The van der Waals surface area contributed by atoms with Crippen molar-refractivity contribution in [2.75, 3.05) is 11.1 Å². The Bertz CT molecular complexity index is 643. The second-order valence-electron chi connectivity index (χ2n) is 4.15. The Kier molecular flexibility index (Phi) is 4.12. The Morgan fingerprint density at radius 1 is 1.26 bits per heavy atom. The number of carbonyl (C=O) groups is 1. The molecule has 3 N–H and O–H groups in total. The Hall–Kier alpha value is -1.52. The largest absolute Gasteiger partial charge is 0.399 e. The van der Waals surface area contributed by atoms with Crippen LogP contribution in [-0.2, 0) is 0 Å². The standard InChI is InChI=1S/C14H12BrClN2O/c1-8-2-4-10(17)7-13(8)18-14(19)11-6-9(15)3-5-12(11)16/h2-7H,17H2,1H3,(H,18,19). The number of carbonyl (C=O) groups excluding carboxylic acids is 1. The summed E-state index contributed by atoms with van der Waals surface area (Å²) >= 11 is 9.34. The van der Waals surface area contributed by atoms with E-state index in [4.69, 9.17) is 17.3 Å². The van der Waals surface area contributed by atoms with Crippen LogP contribution in [0.15, 0.2) is 40.9 Å². The average molecular weight is 340 g/mol. The molecule has 5 heteroatoms. The van der Waals surface area contributed by atoms with Gasteiger partial charge in [-0.2, -0.15) is 0 Å². The molecule has 2 rings (SSSR count). The van der Waals surface area contributed by atoms with Gasteiger partial charge in [-0.15, -0.1) is 0 Å². The number of hydrogen-bond acceptors (Lipinski definition) is 2.